The number of carbonyl (C=O) groups is 1. The summed E-state index contributed by atoms with van der Waals surface area (Å²) >= 11 is 0. The fraction of sp³-hybridized carbons (Fsp3) is 0.545. The van der Waals surface area contributed by atoms with Crippen molar-refractivity contribution < 1.29 is 4.79 Å². The Morgan fingerprint density at radius 1 is 1.62 bits per heavy atom. The van der Waals surface area contributed by atoms with E-state index in [9.17, 15) is 4.79 Å². The highest BCUT2D eigenvalue weighted by molar-refractivity contribution is 5.90. The van der Waals surface area contributed by atoms with Gasteiger partial charge in [-0.1, -0.05) is 18.9 Å². The van der Waals surface area contributed by atoms with Crippen molar-refractivity contribution in [2.45, 2.75) is 31.7 Å². The van der Waals surface area contributed by atoms with Gasteiger partial charge in [-0.3, -0.25) is 9.89 Å². The molecule has 86 valence electrons. The van der Waals surface area contributed by atoms with Crippen LogP contribution in [0.25, 0.3) is 0 Å². The van der Waals surface area contributed by atoms with Crippen molar-refractivity contribution in [2.75, 3.05) is 6.54 Å². The van der Waals surface area contributed by atoms with Crippen LogP contribution in [0.2, 0.25) is 0 Å². The number of nitrogens with one attached hydrogen (secondary N) is 1. The Bertz CT molecular complexity index is 354. The average Bonchev–Trinajstić information content (AvgIpc) is 2.96. The van der Waals surface area contributed by atoms with Crippen LogP contribution >= 0.6 is 0 Å². The van der Waals surface area contributed by atoms with Crippen LogP contribution < -0.4 is 0 Å². The van der Waals surface area contributed by atoms with E-state index in [1.54, 1.807) is 6.08 Å². The SMILES string of the molecule is C=CCN(C(=O)c1ncn[nH]1)C1CCCC1. The molecule has 0 atom stereocenters. The molecule has 1 saturated carbocycles. The van der Waals surface area contributed by atoms with Gasteiger partial charge in [-0.15, -0.1) is 6.58 Å². The summed E-state index contributed by atoms with van der Waals surface area (Å²) in [6, 6.07) is 0.329. The van der Waals surface area contributed by atoms with Gasteiger partial charge < -0.3 is 4.90 Å². The number of aromatic amines is 1. The van der Waals surface area contributed by atoms with E-state index in [2.05, 4.69) is 21.8 Å². The topological polar surface area (TPSA) is 61.9 Å². The molecule has 1 aliphatic carbocycles. The lowest BCUT2D eigenvalue weighted by Gasteiger charge is -2.26. The van der Waals surface area contributed by atoms with Crippen molar-refractivity contribution in [2.24, 2.45) is 0 Å². The maximum Gasteiger partial charge on any atom is 0.291 e. The maximum atomic E-state index is 12.1. The smallest absolute Gasteiger partial charge is 0.291 e. The number of H-pyrrole nitrogens is 1. The summed E-state index contributed by atoms with van der Waals surface area (Å²) < 4.78 is 0. The standard InChI is InChI=1S/C11H16N4O/c1-2-7-15(9-5-3-4-6-9)11(16)10-12-8-13-14-10/h2,8-9H,1,3-7H2,(H,12,13,14). The molecular weight excluding hydrogens is 204 g/mol. The largest absolute Gasteiger partial charge is 0.329 e. The number of hydrogen-bond donors (Lipinski definition) is 1. The van der Waals surface area contributed by atoms with Gasteiger partial charge >= 0.3 is 0 Å². The van der Waals surface area contributed by atoms with Gasteiger partial charge in [0.2, 0.25) is 5.82 Å². The van der Waals surface area contributed by atoms with Crippen LogP contribution in [0.15, 0.2) is 19.0 Å². The highest BCUT2D eigenvalue weighted by Gasteiger charge is 2.27. The molecule has 5 nitrogen and oxygen atoms in total. The third-order valence-corrected chi connectivity index (χ3v) is 2.97. The molecule has 5 heteroatoms. The fourth-order valence-electron chi connectivity index (χ4n) is 2.20. The second-order valence-electron chi connectivity index (χ2n) is 4.02. The van der Waals surface area contributed by atoms with Crippen molar-refractivity contribution in [3.63, 3.8) is 0 Å². The highest BCUT2D eigenvalue weighted by Crippen LogP contribution is 2.24. The van der Waals surface area contributed by atoms with E-state index in [1.807, 2.05) is 4.90 Å². The summed E-state index contributed by atoms with van der Waals surface area (Å²) in [6.45, 7) is 4.27. The second kappa shape index (κ2) is 4.92. The Labute approximate surface area is 94.6 Å². The number of aromatic nitrogens is 3. The predicted octanol–water partition coefficient (Wildman–Crippen LogP) is 1.38. The molecule has 1 aliphatic rings. The summed E-state index contributed by atoms with van der Waals surface area (Å²) in [5.41, 5.74) is 0. The van der Waals surface area contributed by atoms with Gasteiger partial charge in [0, 0.05) is 12.6 Å². The molecule has 0 bridgehead atoms. The second-order valence-corrected chi connectivity index (χ2v) is 4.02. The Morgan fingerprint density at radius 2 is 2.38 bits per heavy atom. The normalized spacial score (nSPS) is 16.2. The molecule has 1 fully saturated rings. The zero-order chi connectivity index (χ0) is 11.4. The lowest BCUT2D eigenvalue weighted by molar-refractivity contribution is 0.0694. The van der Waals surface area contributed by atoms with Crippen molar-refractivity contribution in [1.29, 1.82) is 0 Å². The molecule has 1 amide bonds. The van der Waals surface area contributed by atoms with E-state index in [0.717, 1.165) is 12.8 Å². The van der Waals surface area contributed by atoms with Crippen molar-refractivity contribution >= 4 is 5.91 Å². The van der Waals surface area contributed by atoms with Gasteiger partial charge in [-0.05, 0) is 12.8 Å². The van der Waals surface area contributed by atoms with Gasteiger partial charge in [0.15, 0.2) is 0 Å². The van der Waals surface area contributed by atoms with Crippen molar-refractivity contribution in [1.82, 2.24) is 20.1 Å². The molecule has 0 radical (unpaired) electrons. The minimum absolute atomic E-state index is 0.0794. The monoisotopic (exact) mass is 220 g/mol. The van der Waals surface area contributed by atoms with Crippen LogP contribution in [-0.4, -0.2) is 38.6 Å². The van der Waals surface area contributed by atoms with E-state index in [1.165, 1.54) is 19.2 Å². The van der Waals surface area contributed by atoms with Gasteiger partial charge in [-0.25, -0.2) is 4.98 Å². The number of rotatable bonds is 4. The van der Waals surface area contributed by atoms with Gasteiger partial charge in [-0.2, -0.15) is 5.10 Å². The van der Waals surface area contributed by atoms with Crippen LogP contribution in [0.5, 0.6) is 0 Å². The fourth-order valence-corrected chi connectivity index (χ4v) is 2.20. The third kappa shape index (κ3) is 2.13. The molecule has 2 rings (SSSR count). The van der Waals surface area contributed by atoms with E-state index in [0.29, 0.717) is 18.4 Å². The summed E-state index contributed by atoms with van der Waals surface area (Å²) in [5, 5.41) is 6.32. The Hall–Kier alpha value is -1.65. The Kier molecular flexibility index (Phi) is 3.34. The first kappa shape index (κ1) is 10.9. The molecule has 0 saturated heterocycles. The molecule has 16 heavy (non-hydrogen) atoms. The van der Waals surface area contributed by atoms with Crippen molar-refractivity contribution in [3.05, 3.63) is 24.8 Å². The average molecular weight is 220 g/mol. The minimum atomic E-state index is -0.0794. The Balaban J connectivity index is 2.12. The van der Waals surface area contributed by atoms with Crippen LogP contribution in [0.3, 0.4) is 0 Å². The number of amides is 1. The predicted molar refractivity (Wildman–Crippen MR) is 59.9 cm³/mol. The molecule has 0 unspecified atom stereocenters. The Morgan fingerprint density at radius 3 is 2.94 bits per heavy atom. The zero-order valence-corrected chi connectivity index (χ0v) is 9.22. The van der Waals surface area contributed by atoms with Gasteiger partial charge in [0.1, 0.15) is 6.33 Å². The van der Waals surface area contributed by atoms with E-state index < -0.39 is 0 Å². The molecule has 0 spiro atoms. The van der Waals surface area contributed by atoms with Crippen molar-refractivity contribution in [3.8, 4) is 0 Å². The summed E-state index contributed by atoms with van der Waals surface area (Å²) in [7, 11) is 0. The van der Waals surface area contributed by atoms with Crippen LogP contribution in [-0.2, 0) is 0 Å². The summed E-state index contributed by atoms with van der Waals surface area (Å²) in [4.78, 5) is 17.9. The molecule has 1 heterocycles. The maximum absolute atomic E-state index is 12.1. The first-order chi connectivity index (χ1) is 7.83. The molecule has 1 N–H and O–H groups in total. The lowest BCUT2D eigenvalue weighted by Crippen LogP contribution is -2.39. The molecule has 0 aromatic carbocycles. The molecular formula is C11H16N4O. The first-order valence-electron chi connectivity index (χ1n) is 5.60. The number of carbonyl (C=O) groups excluding carboxylic acids is 1. The van der Waals surface area contributed by atoms with Crippen LogP contribution in [0.1, 0.15) is 36.3 Å². The lowest BCUT2D eigenvalue weighted by atomic mass is 10.2. The number of nitrogens with zero attached hydrogens (tertiary/aromatic N) is 3. The highest BCUT2D eigenvalue weighted by atomic mass is 16.2. The van der Waals surface area contributed by atoms with E-state index >= 15 is 0 Å². The number of hydrogen-bond acceptors (Lipinski definition) is 3. The molecule has 1 aromatic rings. The van der Waals surface area contributed by atoms with Crippen LogP contribution in [0.4, 0.5) is 0 Å². The quantitative estimate of drug-likeness (QED) is 0.780. The molecule has 1 aromatic heterocycles. The van der Waals surface area contributed by atoms with E-state index in [-0.39, 0.29) is 5.91 Å². The van der Waals surface area contributed by atoms with E-state index in [4.69, 9.17) is 0 Å². The first-order valence-corrected chi connectivity index (χ1v) is 5.60. The van der Waals surface area contributed by atoms with Gasteiger partial charge in [0.25, 0.3) is 5.91 Å². The summed E-state index contributed by atoms with van der Waals surface area (Å²) in [6.07, 6.45) is 7.66. The van der Waals surface area contributed by atoms with Gasteiger partial charge in [0.05, 0.1) is 0 Å². The summed E-state index contributed by atoms with van der Waals surface area (Å²) in [5.74, 6) is 0.234. The zero-order valence-electron chi connectivity index (χ0n) is 9.22. The minimum Gasteiger partial charge on any atom is -0.329 e. The third-order valence-electron chi connectivity index (χ3n) is 2.97. The molecule has 0 aliphatic heterocycles. The van der Waals surface area contributed by atoms with Crippen LogP contribution in [0, 0.1) is 0 Å².